The molecule has 1 saturated carbocycles. The molecule has 0 aliphatic heterocycles. The molecule has 1 aliphatic rings. The van der Waals surface area contributed by atoms with E-state index in [1.165, 1.54) is 5.56 Å². The number of nitriles is 1. The maximum absolute atomic E-state index is 11.8. The van der Waals surface area contributed by atoms with Crippen molar-refractivity contribution in [1.29, 1.82) is 5.26 Å². The second-order valence-corrected chi connectivity index (χ2v) is 5.18. The molecule has 4 heteroatoms. The highest BCUT2D eigenvalue weighted by atomic mass is 32.1. The Kier molecular flexibility index (Phi) is 2.97. The Morgan fingerprint density at radius 1 is 1.75 bits per heavy atom. The lowest BCUT2D eigenvalue weighted by atomic mass is 10.1. The quantitative estimate of drug-likeness (QED) is 0.867. The predicted molar refractivity (Wildman–Crippen MR) is 62.9 cm³/mol. The molecule has 1 atom stereocenters. The Labute approximate surface area is 99.1 Å². The number of hydrogen-bond donors (Lipinski definition) is 1. The molecule has 1 aromatic rings. The molecular formula is C12H14N2OS. The van der Waals surface area contributed by atoms with Gasteiger partial charge in [0.1, 0.15) is 5.41 Å². The topological polar surface area (TPSA) is 52.9 Å². The lowest BCUT2D eigenvalue weighted by molar-refractivity contribution is -0.125. The highest BCUT2D eigenvalue weighted by molar-refractivity contribution is 7.07. The van der Waals surface area contributed by atoms with Gasteiger partial charge in [-0.05, 0) is 48.6 Å². The van der Waals surface area contributed by atoms with E-state index in [9.17, 15) is 4.79 Å². The fourth-order valence-electron chi connectivity index (χ4n) is 1.69. The molecule has 1 amide bonds. The second-order valence-electron chi connectivity index (χ2n) is 4.40. The van der Waals surface area contributed by atoms with E-state index in [4.69, 9.17) is 5.26 Å². The third-order valence-corrected chi connectivity index (χ3v) is 3.63. The lowest BCUT2D eigenvalue weighted by Gasteiger charge is -2.15. The average molecular weight is 234 g/mol. The first-order chi connectivity index (χ1) is 7.66. The van der Waals surface area contributed by atoms with E-state index >= 15 is 0 Å². The summed E-state index contributed by atoms with van der Waals surface area (Å²) >= 11 is 1.66. The van der Waals surface area contributed by atoms with E-state index < -0.39 is 5.41 Å². The summed E-state index contributed by atoms with van der Waals surface area (Å²) in [7, 11) is 0. The van der Waals surface area contributed by atoms with Gasteiger partial charge in [-0.1, -0.05) is 0 Å². The molecule has 16 heavy (non-hydrogen) atoms. The minimum Gasteiger partial charge on any atom is -0.352 e. The minimum absolute atomic E-state index is 0.0907. The van der Waals surface area contributed by atoms with Crippen molar-refractivity contribution in [3.8, 4) is 6.07 Å². The summed E-state index contributed by atoms with van der Waals surface area (Å²) in [6.45, 7) is 1.98. The first-order valence-electron chi connectivity index (χ1n) is 5.39. The number of nitrogens with zero attached hydrogens (tertiary/aromatic N) is 1. The van der Waals surface area contributed by atoms with E-state index in [0.29, 0.717) is 12.8 Å². The zero-order valence-electron chi connectivity index (χ0n) is 9.19. The molecule has 0 saturated heterocycles. The fraction of sp³-hybridized carbons (Fsp3) is 0.500. The molecule has 0 bridgehead atoms. The Balaban J connectivity index is 1.86. The summed E-state index contributed by atoms with van der Waals surface area (Å²) < 4.78 is 0. The first-order valence-corrected chi connectivity index (χ1v) is 6.34. The monoisotopic (exact) mass is 234 g/mol. The van der Waals surface area contributed by atoms with Gasteiger partial charge in [0, 0.05) is 6.04 Å². The molecule has 0 radical (unpaired) electrons. The number of amides is 1. The summed E-state index contributed by atoms with van der Waals surface area (Å²) in [5, 5.41) is 15.9. The van der Waals surface area contributed by atoms with Crippen LogP contribution < -0.4 is 5.32 Å². The Morgan fingerprint density at radius 2 is 2.50 bits per heavy atom. The molecule has 0 aromatic carbocycles. The highest BCUT2D eigenvalue weighted by Gasteiger charge is 2.50. The van der Waals surface area contributed by atoms with Gasteiger partial charge in [-0.3, -0.25) is 4.79 Å². The normalized spacial score (nSPS) is 18.5. The van der Waals surface area contributed by atoms with Crippen LogP contribution in [0.5, 0.6) is 0 Å². The molecule has 1 unspecified atom stereocenters. The van der Waals surface area contributed by atoms with Gasteiger partial charge in [-0.25, -0.2) is 0 Å². The van der Waals surface area contributed by atoms with Crippen molar-refractivity contribution >= 4 is 17.2 Å². The van der Waals surface area contributed by atoms with Crippen LogP contribution in [0.25, 0.3) is 0 Å². The van der Waals surface area contributed by atoms with Crippen LogP contribution in [0.2, 0.25) is 0 Å². The number of thiophene rings is 1. The number of carbonyl (C=O) groups excluding carboxylic acids is 1. The van der Waals surface area contributed by atoms with Crippen molar-refractivity contribution in [1.82, 2.24) is 5.32 Å². The second kappa shape index (κ2) is 4.26. The van der Waals surface area contributed by atoms with Gasteiger partial charge in [0.2, 0.25) is 5.91 Å². The summed E-state index contributed by atoms with van der Waals surface area (Å²) in [6.07, 6.45) is 2.25. The van der Waals surface area contributed by atoms with Crippen LogP contribution in [0.15, 0.2) is 16.8 Å². The van der Waals surface area contributed by atoms with Crippen LogP contribution >= 0.6 is 11.3 Å². The van der Waals surface area contributed by atoms with Crippen molar-refractivity contribution in [2.24, 2.45) is 5.41 Å². The van der Waals surface area contributed by atoms with Crippen LogP contribution in [0.1, 0.15) is 25.3 Å². The van der Waals surface area contributed by atoms with E-state index in [1.54, 1.807) is 11.3 Å². The lowest BCUT2D eigenvalue weighted by Crippen LogP contribution is -2.38. The van der Waals surface area contributed by atoms with Crippen molar-refractivity contribution in [2.75, 3.05) is 0 Å². The van der Waals surface area contributed by atoms with E-state index in [0.717, 1.165) is 6.42 Å². The molecule has 2 rings (SSSR count). The highest BCUT2D eigenvalue weighted by Crippen LogP contribution is 2.45. The van der Waals surface area contributed by atoms with Crippen LogP contribution in [-0.4, -0.2) is 11.9 Å². The molecule has 1 heterocycles. The van der Waals surface area contributed by atoms with Crippen LogP contribution in [0.3, 0.4) is 0 Å². The van der Waals surface area contributed by atoms with Crippen LogP contribution in [0, 0.1) is 16.7 Å². The zero-order valence-corrected chi connectivity index (χ0v) is 10.0. The van der Waals surface area contributed by atoms with Gasteiger partial charge in [0.15, 0.2) is 0 Å². The van der Waals surface area contributed by atoms with Crippen molar-refractivity contribution in [3.05, 3.63) is 22.4 Å². The molecule has 1 aliphatic carbocycles. The first kappa shape index (κ1) is 11.2. The van der Waals surface area contributed by atoms with E-state index in [1.807, 2.05) is 12.3 Å². The van der Waals surface area contributed by atoms with E-state index in [2.05, 4.69) is 22.8 Å². The van der Waals surface area contributed by atoms with E-state index in [-0.39, 0.29) is 11.9 Å². The largest absolute Gasteiger partial charge is 0.352 e. The number of rotatable bonds is 4. The third kappa shape index (κ3) is 2.25. The predicted octanol–water partition coefficient (Wildman–Crippen LogP) is 2.10. The molecule has 0 spiro atoms. The van der Waals surface area contributed by atoms with Gasteiger partial charge in [-0.2, -0.15) is 16.6 Å². The van der Waals surface area contributed by atoms with Gasteiger partial charge in [0.25, 0.3) is 0 Å². The summed E-state index contributed by atoms with van der Waals surface area (Å²) in [4.78, 5) is 11.8. The number of carbonyl (C=O) groups is 1. The van der Waals surface area contributed by atoms with Crippen LogP contribution in [0.4, 0.5) is 0 Å². The molecule has 84 valence electrons. The molecular weight excluding hydrogens is 220 g/mol. The molecule has 1 fully saturated rings. The third-order valence-electron chi connectivity index (χ3n) is 2.90. The molecule has 1 aromatic heterocycles. The summed E-state index contributed by atoms with van der Waals surface area (Å²) in [5.74, 6) is -0.0993. The van der Waals surface area contributed by atoms with Gasteiger partial charge in [0.05, 0.1) is 6.07 Å². The van der Waals surface area contributed by atoms with Gasteiger partial charge < -0.3 is 5.32 Å². The number of nitrogens with one attached hydrogen (secondary N) is 1. The average Bonchev–Trinajstić information content (AvgIpc) is 2.91. The van der Waals surface area contributed by atoms with Crippen molar-refractivity contribution in [2.45, 2.75) is 32.2 Å². The molecule has 3 nitrogen and oxygen atoms in total. The summed E-state index contributed by atoms with van der Waals surface area (Å²) in [5.41, 5.74) is 0.530. The summed E-state index contributed by atoms with van der Waals surface area (Å²) in [6, 6.07) is 4.26. The standard InChI is InChI=1S/C12H14N2OS/c1-9(6-10-2-5-16-7-10)14-11(15)12(8-13)3-4-12/h2,5,7,9H,3-4,6H2,1H3,(H,14,15). The van der Waals surface area contributed by atoms with Crippen molar-refractivity contribution < 1.29 is 4.79 Å². The van der Waals surface area contributed by atoms with Crippen LogP contribution in [-0.2, 0) is 11.2 Å². The fourth-order valence-corrected chi connectivity index (χ4v) is 2.37. The van der Waals surface area contributed by atoms with Crippen molar-refractivity contribution in [3.63, 3.8) is 0 Å². The SMILES string of the molecule is CC(Cc1ccsc1)NC(=O)C1(C#N)CC1. The Hall–Kier alpha value is -1.34. The maximum atomic E-state index is 11.8. The van der Waals surface area contributed by atoms with Gasteiger partial charge in [-0.15, -0.1) is 0 Å². The Morgan fingerprint density at radius 3 is 3.00 bits per heavy atom. The zero-order chi connectivity index (χ0) is 11.6. The molecule has 1 N–H and O–H groups in total. The smallest absolute Gasteiger partial charge is 0.240 e. The minimum atomic E-state index is -0.705. The Bertz CT molecular complexity index is 415. The number of hydrogen-bond acceptors (Lipinski definition) is 3. The van der Waals surface area contributed by atoms with Gasteiger partial charge >= 0.3 is 0 Å². The maximum Gasteiger partial charge on any atom is 0.240 e.